The van der Waals surface area contributed by atoms with Crippen LogP contribution in [0.15, 0.2) is 22.7 Å². The summed E-state index contributed by atoms with van der Waals surface area (Å²) in [6.07, 6.45) is 0. The molecule has 0 unspecified atom stereocenters. The minimum atomic E-state index is -0.475. The molecule has 0 radical (unpaired) electrons. The second-order valence-corrected chi connectivity index (χ2v) is 3.32. The first-order chi connectivity index (χ1) is 6.66. The van der Waals surface area contributed by atoms with Crippen LogP contribution in [0.2, 0.25) is 5.02 Å². The fourth-order valence-electron chi connectivity index (χ4n) is 0.996. The lowest BCUT2D eigenvalue weighted by molar-refractivity contribution is 0.406. The van der Waals surface area contributed by atoms with Gasteiger partial charge < -0.3 is 4.52 Å². The summed E-state index contributed by atoms with van der Waals surface area (Å²) in [5.41, 5.74) is 0.622. The van der Waals surface area contributed by atoms with E-state index < -0.39 is 5.82 Å². The van der Waals surface area contributed by atoms with Crippen molar-refractivity contribution in [1.29, 1.82) is 0 Å². The Morgan fingerprint density at radius 1 is 1.50 bits per heavy atom. The maximum Gasteiger partial charge on any atom is 0.314 e. The van der Waals surface area contributed by atoms with Crippen molar-refractivity contribution in [3.8, 4) is 11.4 Å². The fraction of sp³-hybridized carbons (Fsp3) is 0. The number of aromatic amines is 1. The summed E-state index contributed by atoms with van der Waals surface area (Å²) in [6.45, 7) is 0. The fourth-order valence-corrected chi connectivity index (χ4v) is 1.31. The monoisotopic (exact) mass is 230 g/mol. The van der Waals surface area contributed by atoms with Gasteiger partial charge in [0.25, 0.3) is 0 Å². The Kier molecular flexibility index (Phi) is 2.35. The van der Waals surface area contributed by atoms with Crippen LogP contribution in [0.3, 0.4) is 0 Å². The molecule has 1 heterocycles. The van der Waals surface area contributed by atoms with Crippen LogP contribution in [-0.2, 0) is 0 Å². The van der Waals surface area contributed by atoms with Gasteiger partial charge in [-0.3, -0.25) is 0 Å². The zero-order valence-electron chi connectivity index (χ0n) is 6.75. The van der Waals surface area contributed by atoms with Gasteiger partial charge >= 0.3 is 4.84 Å². The summed E-state index contributed by atoms with van der Waals surface area (Å²) in [5, 5.41) is 2.53. The van der Waals surface area contributed by atoms with Crippen LogP contribution in [-0.4, -0.2) is 10.1 Å². The number of H-pyrrole nitrogens is 1. The predicted octanol–water partition coefficient (Wildman–Crippen LogP) is 3.19. The Hall–Kier alpha value is -1.20. The molecule has 0 atom stereocenters. The molecule has 0 bridgehead atoms. The first-order valence-corrected chi connectivity index (χ1v) is 4.46. The summed E-state index contributed by atoms with van der Waals surface area (Å²) >= 11 is 10.3. The van der Waals surface area contributed by atoms with Gasteiger partial charge in [-0.05, 0) is 30.4 Å². The Morgan fingerprint density at radius 2 is 2.29 bits per heavy atom. The molecule has 72 valence electrons. The van der Waals surface area contributed by atoms with Gasteiger partial charge in [0.2, 0.25) is 0 Å². The van der Waals surface area contributed by atoms with E-state index in [1.165, 1.54) is 18.2 Å². The molecular weight excluding hydrogens is 227 g/mol. The van der Waals surface area contributed by atoms with Gasteiger partial charge in [0, 0.05) is 5.56 Å². The predicted molar refractivity (Wildman–Crippen MR) is 52.1 cm³/mol. The lowest BCUT2D eigenvalue weighted by atomic mass is 10.2. The van der Waals surface area contributed by atoms with Crippen molar-refractivity contribution in [3.05, 3.63) is 33.9 Å². The van der Waals surface area contributed by atoms with Crippen molar-refractivity contribution < 1.29 is 8.91 Å². The average molecular weight is 231 g/mol. The number of aromatic nitrogens is 2. The Balaban J connectivity index is 2.52. The highest BCUT2D eigenvalue weighted by molar-refractivity contribution is 7.71. The van der Waals surface area contributed by atoms with Gasteiger partial charge in [-0.1, -0.05) is 11.6 Å². The van der Waals surface area contributed by atoms with Crippen molar-refractivity contribution >= 4 is 23.8 Å². The summed E-state index contributed by atoms with van der Waals surface area (Å²) in [4.78, 5) is 3.96. The van der Waals surface area contributed by atoms with E-state index in [0.29, 0.717) is 11.4 Å². The van der Waals surface area contributed by atoms with Gasteiger partial charge in [-0.25, -0.2) is 9.55 Å². The number of hydrogen-bond donors (Lipinski definition) is 1. The van der Waals surface area contributed by atoms with E-state index in [2.05, 4.69) is 22.4 Å². The Labute approximate surface area is 88.5 Å². The SMILES string of the molecule is Fc1ccc(-c2nc(=S)o[nH]2)cc1Cl. The van der Waals surface area contributed by atoms with Crippen LogP contribution in [0.1, 0.15) is 0 Å². The highest BCUT2D eigenvalue weighted by Gasteiger charge is 2.05. The maximum absolute atomic E-state index is 12.8. The topological polar surface area (TPSA) is 41.8 Å². The second kappa shape index (κ2) is 3.51. The van der Waals surface area contributed by atoms with Crippen molar-refractivity contribution in [2.75, 3.05) is 0 Å². The number of hydrogen-bond acceptors (Lipinski definition) is 3. The lowest BCUT2D eigenvalue weighted by Gasteiger charge is -1.96. The molecule has 0 saturated carbocycles. The Bertz CT molecular complexity index is 522. The van der Waals surface area contributed by atoms with Gasteiger partial charge in [0.1, 0.15) is 5.82 Å². The molecule has 2 aromatic rings. The van der Waals surface area contributed by atoms with Crippen LogP contribution in [0.4, 0.5) is 4.39 Å². The molecule has 3 nitrogen and oxygen atoms in total. The third kappa shape index (κ3) is 1.69. The second-order valence-electron chi connectivity index (χ2n) is 2.56. The summed E-state index contributed by atoms with van der Waals surface area (Å²) in [7, 11) is 0. The van der Waals surface area contributed by atoms with E-state index >= 15 is 0 Å². The molecule has 14 heavy (non-hydrogen) atoms. The first kappa shape index (κ1) is 9.36. The minimum absolute atomic E-state index is 0.0322. The molecule has 0 aliphatic heterocycles. The molecule has 2 rings (SSSR count). The normalized spacial score (nSPS) is 10.4. The lowest BCUT2D eigenvalue weighted by Crippen LogP contribution is -1.82. The van der Waals surface area contributed by atoms with Crippen molar-refractivity contribution in [3.63, 3.8) is 0 Å². The number of nitrogens with zero attached hydrogens (tertiary/aromatic N) is 1. The van der Waals surface area contributed by atoms with Crippen LogP contribution < -0.4 is 0 Å². The first-order valence-electron chi connectivity index (χ1n) is 3.68. The van der Waals surface area contributed by atoms with Gasteiger partial charge in [-0.2, -0.15) is 4.98 Å². The number of benzene rings is 1. The van der Waals surface area contributed by atoms with E-state index in [1.54, 1.807) is 0 Å². The van der Waals surface area contributed by atoms with Gasteiger partial charge in [0.05, 0.1) is 5.02 Å². The summed E-state index contributed by atoms with van der Waals surface area (Å²) in [5.74, 6) is -0.0468. The molecule has 0 aliphatic carbocycles. The van der Waals surface area contributed by atoms with Crippen LogP contribution in [0.5, 0.6) is 0 Å². The van der Waals surface area contributed by atoms with Crippen LogP contribution >= 0.6 is 23.8 Å². The maximum atomic E-state index is 12.8. The highest BCUT2D eigenvalue weighted by atomic mass is 35.5. The molecule has 0 aliphatic rings. The third-order valence-corrected chi connectivity index (χ3v) is 2.10. The van der Waals surface area contributed by atoms with Crippen LogP contribution in [0.25, 0.3) is 11.4 Å². The molecule has 1 aromatic heterocycles. The van der Waals surface area contributed by atoms with E-state index in [1.807, 2.05) is 0 Å². The largest absolute Gasteiger partial charge is 0.348 e. The van der Waals surface area contributed by atoms with Gasteiger partial charge in [-0.15, -0.1) is 0 Å². The zero-order chi connectivity index (χ0) is 10.1. The summed E-state index contributed by atoms with van der Waals surface area (Å²) < 4.78 is 17.5. The smallest absolute Gasteiger partial charge is 0.314 e. The van der Waals surface area contributed by atoms with E-state index in [4.69, 9.17) is 16.1 Å². The van der Waals surface area contributed by atoms with Crippen molar-refractivity contribution in [2.24, 2.45) is 0 Å². The molecule has 0 saturated heterocycles. The standard InChI is InChI=1S/C8H4ClFN2OS/c9-5-3-4(1-2-6(5)10)7-11-8(14)13-12-7/h1-3H,(H,11,12,14). The molecule has 1 N–H and O–H groups in total. The van der Waals surface area contributed by atoms with Crippen molar-refractivity contribution in [2.45, 2.75) is 0 Å². The van der Waals surface area contributed by atoms with E-state index in [0.717, 1.165) is 0 Å². The molecule has 1 aromatic carbocycles. The van der Waals surface area contributed by atoms with Crippen molar-refractivity contribution in [1.82, 2.24) is 10.1 Å². The molecule has 0 fully saturated rings. The van der Waals surface area contributed by atoms with E-state index in [9.17, 15) is 4.39 Å². The molecule has 6 heteroatoms. The minimum Gasteiger partial charge on any atom is -0.348 e. The van der Waals surface area contributed by atoms with Gasteiger partial charge in [0.15, 0.2) is 5.82 Å². The van der Waals surface area contributed by atoms with E-state index in [-0.39, 0.29) is 9.86 Å². The molecular formula is C8H4ClFN2OS. The Morgan fingerprint density at radius 3 is 2.86 bits per heavy atom. The zero-order valence-corrected chi connectivity index (χ0v) is 8.32. The average Bonchev–Trinajstić information content (AvgIpc) is 2.57. The number of rotatable bonds is 1. The quantitative estimate of drug-likeness (QED) is 0.765. The molecule has 0 spiro atoms. The third-order valence-electron chi connectivity index (χ3n) is 1.63. The number of nitrogens with one attached hydrogen (secondary N) is 1. The van der Waals surface area contributed by atoms with Crippen LogP contribution in [0, 0.1) is 10.7 Å². The summed E-state index contributed by atoms with van der Waals surface area (Å²) in [6, 6.07) is 4.23. The highest BCUT2D eigenvalue weighted by Crippen LogP contribution is 2.22. The molecule has 0 amide bonds. The number of halogens is 2.